The summed E-state index contributed by atoms with van der Waals surface area (Å²) in [4.78, 5) is 12.3. The van der Waals surface area contributed by atoms with Gasteiger partial charge in [-0.15, -0.1) is 0 Å². The quantitative estimate of drug-likeness (QED) is 0.761. The van der Waals surface area contributed by atoms with Gasteiger partial charge in [0, 0.05) is 12.1 Å². The highest BCUT2D eigenvalue weighted by Gasteiger charge is 2.44. The number of rotatable bonds is 5. The van der Waals surface area contributed by atoms with Gasteiger partial charge in [0.2, 0.25) is 5.91 Å². The van der Waals surface area contributed by atoms with Gasteiger partial charge in [-0.05, 0) is 44.4 Å². The van der Waals surface area contributed by atoms with E-state index in [1.54, 1.807) is 12.1 Å². The summed E-state index contributed by atoms with van der Waals surface area (Å²) in [6.07, 6.45) is 1.68. The van der Waals surface area contributed by atoms with Gasteiger partial charge in [0.1, 0.15) is 5.75 Å². The molecule has 1 fully saturated rings. The number of amides is 1. The molecule has 21 heavy (non-hydrogen) atoms. The number of nitrogens with one attached hydrogen (secondary N) is 1. The molecule has 1 heterocycles. The van der Waals surface area contributed by atoms with E-state index in [0.717, 1.165) is 18.4 Å². The highest BCUT2D eigenvalue weighted by molar-refractivity contribution is 5.83. The summed E-state index contributed by atoms with van der Waals surface area (Å²) in [6, 6.07) is 6.96. The number of aromatic hydroxyl groups is 1. The predicted octanol–water partition coefficient (Wildman–Crippen LogP) is 1.19. The zero-order valence-corrected chi connectivity index (χ0v) is 12.6. The number of phenolic OH excluding ortho intramolecular Hbond substituents is 1. The lowest BCUT2D eigenvalue weighted by Crippen LogP contribution is -2.51. The Kier molecular flexibility index (Phi) is 4.85. The summed E-state index contributed by atoms with van der Waals surface area (Å²) >= 11 is 0. The van der Waals surface area contributed by atoms with Crippen molar-refractivity contribution in [1.82, 2.24) is 5.32 Å². The van der Waals surface area contributed by atoms with Gasteiger partial charge >= 0.3 is 0 Å². The largest absolute Gasteiger partial charge is 0.508 e. The summed E-state index contributed by atoms with van der Waals surface area (Å²) in [6.45, 7) is 4.66. The van der Waals surface area contributed by atoms with Crippen molar-refractivity contribution in [3.63, 3.8) is 0 Å². The van der Waals surface area contributed by atoms with Gasteiger partial charge in [-0.1, -0.05) is 12.1 Å². The number of phenols is 1. The second kappa shape index (κ2) is 6.45. The van der Waals surface area contributed by atoms with E-state index in [2.05, 4.69) is 5.32 Å². The lowest BCUT2D eigenvalue weighted by molar-refractivity contribution is -0.131. The molecule has 2 rings (SSSR count). The van der Waals surface area contributed by atoms with E-state index in [9.17, 15) is 9.90 Å². The molecule has 3 atom stereocenters. The number of benzene rings is 1. The Labute approximate surface area is 125 Å². The Bertz CT molecular complexity index is 489. The van der Waals surface area contributed by atoms with Gasteiger partial charge in [-0.25, -0.2) is 0 Å². The Morgan fingerprint density at radius 2 is 2.19 bits per heavy atom. The fraction of sp³-hybridized carbons (Fsp3) is 0.562. The highest BCUT2D eigenvalue weighted by atomic mass is 16.5. The molecule has 0 saturated carbocycles. The van der Waals surface area contributed by atoms with Crippen LogP contribution in [0, 0.1) is 5.41 Å². The van der Waals surface area contributed by atoms with Gasteiger partial charge in [0.25, 0.3) is 0 Å². The van der Waals surface area contributed by atoms with Crippen LogP contribution in [0.15, 0.2) is 24.3 Å². The predicted molar refractivity (Wildman–Crippen MR) is 80.9 cm³/mol. The second-order valence-electron chi connectivity index (χ2n) is 6.12. The maximum atomic E-state index is 12.3. The monoisotopic (exact) mass is 292 g/mol. The lowest BCUT2D eigenvalue weighted by atomic mass is 9.84. The van der Waals surface area contributed by atoms with Gasteiger partial charge < -0.3 is 20.9 Å². The van der Waals surface area contributed by atoms with Crippen molar-refractivity contribution in [3.8, 4) is 5.75 Å². The van der Waals surface area contributed by atoms with Crippen LogP contribution in [-0.4, -0.2) is 36.3 Å². The molecular formula is C16H24N2O3. The summed E-state index contributed by atoms with van der Waals surface area (Å²) in [5.74, 6) is 0.231. The minimum Gasteiger partial charge on any atom is -0.508 e. The molecule has 3 unspecified atom stereocenters. The van der Waals surface area contributed by atoms with Crippen LogP contribution in [0.25, 0.3) is 0 Å². The molecule has 0 bridgehead atoms. The first-order valence-electron chi connectivity index (χ1n) is 7.34. The third kappa shape index (κ3) is 3.74. The number of hydrogen-bond donors (Lipinski definition) is 3. The van der Waals surface area contributed by atoms with Crippen LogP contribution in [0.1, 0.15) is 25.8 Å². The van der Waals surface area contributed by atoms with E-state index >= 15 is 0 Å². The van der Waals surface area contributed by atoms with Crippen LogP contribution in [0.4, 0.5) is 0 Å². The SMILES string of the molecule is CC(CCc1ccc(O)cc1)NC(=O)C1(C)COCC1N. The van der Waals surface area contributed by atoms with Crippen LogP contribution < -0.4 is 11.1 Å². The van der Waals surface area contributed by atoms with Crippen LogP contribution in [0.5, 0.6) is 5.75 Å². The van der Waals surface area contributed by atoms with Crippen molar-refractivity contribution in [3.05, 3.63) is 29.8 Å². The molecule has 116 valence electrons. The van der Waals surface area contributed by atoms with E-state index in [0.29, 0.717) is 13.2 Å². The summed E-state index contributed by atoms with van der Waals surface area (Å²) in [5, 5.41) is 12.3. The lowest BCUT2D eigenvalue weighted by Gasteiger charge is -2.27. The first-order chi connectivity index (χ1) is 9.91. The second-order valence-corrected chi connectivity index (χ2v) is 6.12. The third-order valence-corrected chi connectivity index (χ3v) is 4.22. The van der Waals surface area contributed by atoms with Crippen molar-refractivity contribution in [1.29, 1.82) is 0 Å². The molecule has 1 aromatic rings. The summed E-state index contributed by atoms with van der Waals surface area (Å²) in [7, 11) is 0. The first kappa shape index (κ1) is 15.8. The fourth-order valence-corrected chi connectivity index (χ4v) is 2.43. The Morgan fingerprint density at radius 3 is 2.76 bits per heavy atom. The van der Waals surface area contributed by atoms with Crippen molar-refractivity contribution in [2.24, 2.45) is 11.1 Å². The molecule has 0 radical (unpaired) electrons. The maximum Gasteiger partial charge on any atom is 0.230 e. The topological polar surface area (TPSA) is 84.6 Å². The number of nitrogens with two attached hydrogens (primary N) is 1. The fourth-order valence-electron chi connectivity index (χ4n) is 2.43. The van der Waals surface area contributed by atoms with Crippen LogP contribution in [0.3, 0.4) is 0 Å². The number of carbonyl (C=O) groups excluding carboxylic acids is 1. The molecule has 1 aromatic carbocycles. The Hall–Kier alpha value is -1.59. The summed E-state index contributed by atoms with van der Waals surface area (Å²) in [5.41, 5.74) is 6.47. The average Bonchev–Trinajstić information content (AvgIpc) is 2.79. The van der Waals surface area contributed by atoms with Crippen molar-refractivity contribution < 1.29 is 14.6 Å². The number of ether oxygens (including phenoxy) is 1. The molecule has 4 N–H and O–H groups in total. The van der Waals surface area contributed by atoms with E-state index in [-0.39, 0.29) is 23.7 Å². The Morgan fingerprint density at radius 1 is 1.52 bits per heavy atom. The smallest absolute Gasteiger partial charge is 0.230 e. The normalized spacial score (nSPS) is 26.5. The molecule has 0 aromatic heterocycles. The number of aryl methyl sites for hydroxylation is 1. The molecule has 1 saturated heterocycles. The Balaban J connectivity index is 1.83. The molecule has 5 heteroatoms. The standard InChI is InChI=1S/C16H24N2O3/c1-11(3-4-12-5-7-13(19)8-6-12)18-15(20)16(2)10-21-9-14(16)17/h5-8,11,14,19H,3-4,9-10,17H2,1-2H3,(H,18,20). The number of hydrogen-bond acceptors (Lipinski definition) is 4. The molecular weight excluding hydrogens is 268 g/mol. The third-order valence-electron chi connectivity index (χ3n) is 4.22. The van der Waals surface area contributed by atoms with Crippen LogP contribution in [0.2, 0.25) is 0 Å². The molecule has 1 aliphatic rings. The van der Waals surface area contributed by atoms with E-state index in [1.807, 2.05) is 26.0 Å². The molecule has 0 aliphatic carbocycles. The zero-order chi connectivity index (χ0) is 15.5. The minimum absolute atomic E-state index is 0.0364. The maximum absolute atomic E-state index is 12.3. The zero-order valence-electron chi connectivity index (χ0n) is 12.6. The van der Waals surface area contributed by atoms with Gasteiger partial charge in [0.15, 0.2) is 0 Å². The average molecular weight is 292 g/mol. The van der Waals surface area contributed by atoms with E-state index < -0.39 is 5.41 Å². The van der Waals surface area contributed by atoms with Crippen molar-refractivity contribution in [2.45, 2.75) is 38.8 Å². The van der Waals surface area contributed by atoms with Crippen molar-refractivity contribution in [2.75, 3.05) is 13.2 Å². The van der Waals surface area contributed by atoms with Gasteiger partial charge in [-0.2, -0.15) is 0 Å². The van der Waals surface area contributed by atoms with Gasteiger partial charge in [0.05, 0.1) is 18.6 Å². The minimum atomic E-state index is -0.632. The van der Waals surface area contributed by atoms with Crippen LogP contribution in [-0.2, 0) is 16.0 Å². The molecule has 0 spiro atoms. The van der Waals surface area contributed by atoms with Crippen LogP contribution >= 0.6 is 0 Å². The first-order valence-corrected chi connectivity index (χ1v) is 7.34. The van der Waals surface area contributed by atoms with Crippen molar-refractivity contribution >= 4 is 5.91 Å². The number of carbonyl (C=O) groups is 1. The highest BCUT2D eigenvalue weighted by Crippen LogP contribution is 2.27. The van der Waals surface area contributed by atoms with Gasteiger partial charge in [-0.3, -0.25) is 4.79 Å². The van der Waals surface area contributed by atoms with E-state index in [1.165, 1.54) is 0 Å². The van der Waals surface area contributed by atoms with E-state index in [4.69, 9.17) is 10.5 Å². The molecule has 1 aliphatic heterocycles. The summed E-state index contributed by atoms with van der Waals surface area (Å²) < 4.78 is 5.31. The molecule has 1 amide bonds. The molecule has 5 nitrogen and oxygen atoms in total.